The number of benzene rings is 1. The Hall–Kier alpha value is -1.95. The number of aromatic hydroxyl groups is 1. The van der Waals surface area contributed by atoms with Gasteiger partial charge in [0.25, 0.3) is 0 Å². The summed E-state index contributed by atoms with van der Waals surface area (Å²) in [5, 5.41) is 19.1. The van der Waals surface area contributed by atoms with Crippen molar-refractivity contribution in [1.29, 1.82) is 0 Å². The summed E-state index contributed by atoms with van der Waals surface area (Å²) in [6.07, 6.45) is 10.0. The third-order valence-corrected chi connectivity index (χ3v) is 4.48. The molecule has 0 saturated carbocycles. The summed E-state index contributed by atoms with van der Waals surface area (Å²) < 4.78 is 1.90. The van der Waals surface area contributed by atoms with Crippen LogP contribution in [0, 0.1) is 0 Å². The van der Waals surface area contributed by atoms with Gasteiger partial charge < -0.3 is 15.4 Å². The number of nitrogens with two attached hydrogens (primary N) is 1. The van der Waals surface area contributed by atoms with Crippen LogP contribution in [-0.2, 0) is 6.54 Å². The van der Waals surface area contributed by atoms with E-state index in [-0.39, 0.29) is 11.0 Å². The molecule has 0 aliphatic heterocycles. The molecule has 0 radical (unpaired) electrons. The van der Waals surface area contributed by atoms with E-state index >= 15 is 0 Å². The molecule has 1 aromatic carbocycles. The third kappa shape index (κ3) is 5.53. The Bertz CT molecular complexity index is 724. The zero-order valence-electron chi connectivity index (χ0n) is 14.9. The Morgan fingerprint density at radius 3 is 2.40 bits per heavy atom. The van der Waals surface area contributed by atoms with Gasteiger partial charge in [0.2, 0.25) is 11.0 Å². The highest BCUT2D eigenvalue weighted by atomic mass is 32.1. The van der Waals surface area contributed by atoms with Gasteiger partial charge >= 0.3 is 0 Å². The molecule has 0 atom stereocenters. The molecule has 0 unspecified atom stereocenters. The molecular weight excluding hydrogens is 332 g/mol. The molecule has 0 fully saturated rings. The van der Waals surface area contributed by atoms with Crippen LogP contribution < -0.4 is 5.73 Å². The minimum Gasteiger partial charge on any atom is -0.493 e. The predicted octanol–water partition coefficient (Wildman–Crippen LogP) is 5.81. The van der Waals surface area contributed by atoms with Crippen LogP contribution in [0.15, 0.2) is 34.5 Å². The van der Waals surface area contributed by atoms with Crippen molar-refractivity contribution in [1.82, 2.24) is 4.57 Å². The van der Waals surface area contributed by atoms with Crippen molar-refractivity contribution in [2.75, 3.05) is 0 Å². The van der Waals surface area contributed by atoms with E-state index in [2.05, 4.69) is 17.2 Å². The van der Waals surface area contributed by atoms with Gasteiger partial charge in [-0.2, -0.15) is 0 Å². The van der Waals surface area contributed by atoms with Gasteiger partial charge in [-0.15, -0.1) is 10.2 Å². The van der Waals surface area contributed by atoms with Gasteiger partial charge in [-0.25, -0.2) is 0 Å². The van der Waals surface area contributed by atoms with Gasteiger partial charge in [0, 0.05) is 11.9 Å². The quantitative estimate of drug-likeness (QED) is 0.319. The predicted molar refractivity (Wildman–Crippen MR) is 108 cm³/mol. The van der Waals surface area contributed by atoms with E-state index in [1.54, 1.807) is 0 Å². The number of thiocarbonyl (C=S) groups is 1. The van der Waals surface area contributed by atoms with Gasteiger partial charge in [0.1, 0.15) is 0 Å². The molecule has 6 heteroatoms. The number of para-hydroxylation sites is 1. The second kappa shape index (κ2) is 10.1. The Morgan fingerprint density at radius 2 is 1.72 bits per heavy atom. The number of aryl methyl sites for hydroxylation is 1. The maximum Gasteiger partial charge on any atom is 0.220 e. The first-order valence-corrected chi connectivity index (χ1v) is 9.57. The topological polar surface area (TPSA) is 75.9 Å². The molecule has 0 aliphatic rings. The standard InChI is InChI=1S/C19H28N4OS/c1-2-3-4-5-6-7-8-11-14-23-16-13-10-9-12-15(16)17(18(23)24)21-22-19(20)25/h9-10,12-13,24H,2-8,11,14H2,1H3,(H2,20,25). The van der Waals surface area contributed by atoms with Crippen LogP contribution in [0.2, 0.25) is 0 Å². The van der Waals surface area contributed by atoms with E-state index in [1.165, 1.54) is 44.9 Å². The van der Waals surface area contributed by atoms with Crippen LogP contribution in [0.25, 0.3) is 10.9 Å². The van der Waals surface area contributed by atoms with Crippen LogP contribution >= 0.6 is 12.2 Å². The average Bonchev–Trinajstić information content (AvgIpc) is 2.87. The summed E-state index contributed by atoms with van der Waals surface area (Å²) in [7, 11) is 0. The van der Waals surface area contributed by atoms with Crippen LogP contribution in [0.3, 0.4) is 0 Å². The van der Waals surface area contributed by atoms with Crippen LogP contribution in [-0.4, -0.2) is 14.8 Å². The molecule has 2 aromatic rings. The number of hydrogen-bond donors (Lipinski definition) is 2. The highest BCUT2D eigenvalue weighted by Crippen LogP contribution is 2.39. The zero-order chi connectivity index (χ0) is 18.1. The van der Waals surface area contributed by atoms with E-state index < -0.39 is 0 Å². The fraction of sp³-hybridized carbons (Fsp3) is 0.526. The molecule has 0 spiro atoms. The van der Waals surface area contributed by atoms with Crippen molar-refractivity contribution in [3.8, 4) is 5.88 Å². The first-order chi connectivity index (χ1) is 12.1. The van der Waals surface area contributed by atoms with E-state index in [9.17, 15) is 5.11 Å². The van der Waals surface area contributed by atoms with E-state index in [0.717, 1.165) is 23.9 Å². The van der Waals surface area contributed by atoms with Crippen molar-refractivity contribution < 1.29 is 5.11 Å². The van der Waals surface area contributed by atoms with Gasteiger partial charge in [0.15, 0.2) is 5.69 Å². The molecule has 1 heterocycles. The summed E-state index contributed by atoms with van der Waals surface area (Å²) in [4.78, 5) is 0. The lowest BCUT2D eigenvalue weighted by Gasteiger charge is -2.07. The molecule has 25 heavy (non-hydrogen) atoms. The SMILES string of the molecule is CCCCCCCCCCn1c(O)c(N=NC(N)=S)c2ccccc21. The van der Waals surface area contributed by atoms with Gasteiger partial charge in [-0.3, -0.25) is 0 Å². The molecule has 5 nitrogen and oxygen atoms in total. The van der Waals surface area contributed by atoms with Crippen molar-refractivity contribution in [2.24, 2.45) is 16.0 Å². The second-order valence-corrected chi connectivity index (χ2v) is 6.77. The molecule has 0 bridgehead atoms. The van der Waals surface area contributed by atoms with E-state index in [4.69, 9.17) is 18.0 Å². The first-order valence-electron chi connectivity index (χ1n) is 9.16. The number of hydrogen-bond acceptors (Lipinski definition) is 3. The Kier molecular flexibility index (Phi) is 7.85. The normalized spacial score (nSPS) is 11.6. The number of azo groups is 1. The van der Waals surface area contributed by atoms with E-state index in [1.807, 2.05) is 28.8 Å². The van der Waals surface area contributed by atoms with Crippen molar-refractivity contribution in [3.63, 3.8) is 0 Å². The van der Waals surface area contributed by atoms with E-state index in [0.29, 0.717) is 5.69 Å². The Morgan fingerprint density at radius 1 is 1.08 bits per heavy atom. The van der Waals surface area contributed by atoms with Gasteiger partial charge in [-0.1, -0.05) is 70.1 Å². The molecule has 136 valence electrons. The minimum absolute atomic E-state index is 0.0423. The Balaban J connectivity index is 1.98. The van der Waals surface area contributed by atoms with Gasteiger partial charge in [0.05, 0.1) is 5.52 Å². The largest absolute Gasteiger partial charge is 0.493 e. The van der Waals surface area contributed by atoms with Crippen molar-refractivity contribution in [3.05, 3.63) is 24.3 Å². The zero-order valence-corrected chi connectivity index (χ0v) is 15.8. The molecular formula is C19H28N4OS. The lowest BCUT2D eigenvalue weighted by Crippen LogP contribution is -2.01. The fourth-order valence-electron chi connectivity index (χ4n) is 3.10. The molecule has 0 saturated heterocycles. The number of rotatable bonds is 10. The molecule has 3 N–H and O–H groups in total. The van der Waals surface area contributed by atoms with Crippen LogP contribution in [0.1, 0.15) is 58.3 Å². The van der Waals surface area contributed by atoms with Crippen molar-refractivity contribution in [2.45, 2.75) is 64.8 Å². The summed E-state index contributed by atoms with van der Waals surface area (Å²) >= 11 is 4.73. The molecule has 0 amide bonds. The minimum atomic E-state index is -0.0423. The summed E-state index contributed by atoms with van der Waals surface area (Å²) in [5.41, 5.74) is 6.77. The maximum atomic E-state index is 10.6. The lowest BCUT2D eigenvalue weighted by molar-refractivity contribution is 0.415. The number of nitrogens with zero attached hydrogens (tertiary/aromatic N) is 3. The smallest absolute Gasteiger partial charge is 0.220 e. The monoisotopic (exact) mass is 360 g/mol. The number of unbranched alkanes of at least 4 members (excludes halogenated alkanes) is 7. The maximum absolute atomic E-state index is 10.6. The summed E-state index contributed by atoms with van der Waals surface area (Å²) in [5.74, 6) is 0.129. The fourth-order valence-corrected chi connectivity index (χ4v) is 3.14. The number of aromatic nitrogens is 1. The Labute approximate surface area is 154 Å². The highest BCUT2D eigenvalue weighted by molar-refractivity contribution is 7.80. The third-order valence-electron chi connectivity index (χ3n) is 4.40. The van der Waals surface area contributed by atoms with Crippen LogP contribution in [0.5, 0.6) is 5.88 Å². The van der Waals surface area contributed by atoms with Gasteiger partial charge in [-0.05, 0) is 24.7 Å². The van der Waals surface area contributed by atoms with Crippen LogP contribution in [0.4, 0.5) is 5.69 Å². The second-order valence-electron chi connectivity index (χ2n) is 6.35. The molecule has 1 aromatic heterocycles. The highest BCUT2D eigenvalue weighted by Gasteiger charge is 2.15. The summed E-state index contributed by atoms with van der Waals surface area (Å²) in [6.45, 7) is 3.01. The number of fused-ring (bicyclic) bond motifs is 1. The van der Waals surface area contributed by atoms with Crippen molar-refractivity contribution >= 4 is 33.9 Å². The molecule has 2 rings (SSSR count). The molecule has 0 aliphatic carbocycles. The first kappa shape index (κ1) is 19.4. The average molecular weight is 361 g/mol. The lowest BCUT2D eigenvalue weighted by atomic mass is 10.1. The summed E-state index contributed by atoms with van der Waals surface area (Å²) in [6, 6.07) is 7.79.